The number of allylic oxidation sites excluding steroid dienone is 1. The van der Waals surface area contributed by atoms with Crippen molar-refractivity contribution < 1.29 is 14.0 Å². The van der Waals surface area contributed by atoms with Crippen LogP contribution in [-0.2, 0) is 4.79 Å². The van der Waals surface area contributed by atoms with Crippen LogP contribution in [0.4, 0.5) is 31.9 Å². The molecule has 1 unspecified atom stereocenters. The molecule has 0 bridgehead atoms. The molecule has 0 aromatic heterocycles. The topological polar surface area (TPSA) is 73.5 Å². The van der Waals surface area contributed by atoms with E-state index in [0.29, 0.717) is 23.5 Å². The van der Waals surface area contributed by atoms with Crippen LogP contribution in [0.25, 0.3) is 0 Å². The van der Waals surface area contributed by atoms with Gasteiger partial charge in [-0.3, -0.25) is 4.79 Å². The molecule has 0 spiro atoms. The van der Waals surface area contributed by atoms with Crippen LogP contribution in [0.5, 0.6) is 0 Å². The number of urea groups is 1. The number of hydrogen-bond donors (Lipinski definition) is 3. The third-order valence-corrected chi connectivity index (χ3v) is 5.20. The molecule has 31 heavy (non-hydrogen) atoms. The van der Waals surface area contributed by atoms with Crippen LogP contribution in [0.1, 0.15) is 44.6 Å². The van der Waals surface area contributed by atoms with Crippen molar-refractivity contribution in [2.24, 2.45) is 0 Å². The predicted octanol–water partition coefficient (Wildman–Crippen LogP) is 5.71. The zero-order valence-corrected chi connectivity index (χ0v) is 18.0. The zero-order valence-electron chi connectivity index (χ0n) is 18.0. The van der Waals surface area contributed by atoms with Gasteiger partial charge < -0.3 is 20.9 Å². The van der Waals surface area contributed by atoms with Gasteiger partial charge in [0.2, 0.25) is 5.91 Å². The minimum Gasteiger partial charge on any atom is -0.370 e. The molecule has 1 heterocycles. The van der Waals surface area contributed by atoms with Crippen molar-refractivity contribution in [2.45, 2.75) is 39.0 Å². The largest absolute Gasteiger partial charge is 0.370 e. The fourth-order valence-corrected chi connectivity index (χ4v) is 3.83. The Morgan fingerprint density at radius 2 is 1.84 bits per heavy atom. The average molecular weight is 425 g/mol. The van der Waals surface area contributed by atoms with Crippen molar-refractivity contribution >= 4 is 34.7 Å². The van der Waals surface area contributed by atoms with Crippen LogP contribution in [0.3, 0.4) is 0 Å². The number of amides is 3. The van der Waals surface area contributed by atoms with Gasteiger partial charge in [-0.1, -0.05) is 19.9 Å². The van der Waals surface area contributed by atoms with E-state index in [0.717, 1.165) is 37.2 Å². The third kappa shape index (κ3) is 5.23. The van der Waals surface area contributed by atoms with E-state index in [9.17, 15) is 14.0 Å². The van der Waals surface area contributed by atoms with Crippen molar-refractivity contribution in [2.75, 3.05) is 33.9 Å². The van der Waals surface area contributed by atoms with Crippen molar-refractivity contribution in [3.63, 3.8) is 0 Å². The number of nitrogens with zero attached hydrogens (tertiary/aromatic N) is 1. The van der Waals surface area contributed by atoms with E-state index in [1.54, 1.807) is 6.08 Å². The molecular formula is C24H29FN4O2. The Hall–Kier alpha value is -3.35. The SMILES string of the molecule is C=CCC1C(=O)Nc2cc(NC(=O)Nc3ccc(F)cc3)c(N(CCC)CCC)cc21. The van der Waals surface area contributed by atoms with Crippen LogP contribution in [0.2, 0.25) is 0 Å². The maximum absolute atomic E-state index is 13.1. The Labute approximate surface area is 182 Å². The normalized spacial score (nSPS) is 14.5. The Morgan fingerprint density at radius 1 is 1.16 bits per heavy atom. The molecule has 164 valence electrons. The predicted molar refractivity (Wildman–Crippen MR) is 124 cm³/mol. The number of benzene rings is 2. The molecule has 6 nitrogen and oxygen atoms in total. The third-order valence-electron chi connectivity index (χ3n) is 5.20. The molecule has 3 rings (SSSR count). The van der Waals surface area contributed by atoms with Crippen molar-refractivity contribution in [3.05, 3.63) is 60.4 Å². The van der Waals surface area contributed by atoms with Gasteiger partial charge in [0.15, 0.2) is 0 Å². The highest BCUT2D eigenvalue weighted by Crippen LogP contribution is 2.41. The Bertz CT molecular complexity index is 953. The summed E-state index contributed by atoms with van der Waals surface area (Å²) >= 11 is 0. The number of carbonyl (C=O) groups excluding carboxylic acids is 2. The summed E-state index contributed by atoms with van der Waals surface area (Å²) < 4.78 is 13.1. The van der Waals surface area contributed by atoms with E-state index < -0.39 is 6.03 Å². The van der Waals surface area contributed by atoms with Crippen LogP contribution >= 0.6 is 0 Å². The number of hydrogen-bond acceptors (Lipinski definition) is 3. The van der Waals surface area contributed by atoms with Crippen molar-refractivity contribution in [1.29, 1.82) is 0 Å². The van der Waals surface area contributed by atoms with Gasteiger partial charge in [-0.2, -0.15) is 0 Å². The standard InChI is InChI=1S/C24H29FN4O2/c1-4-7-18-19-14-22(29(12-5-2)13-6-3)21(15-20(19)27-23(18)30)28-24(31)26-17-10-8-16(25)9-11-17/h4,8-11,14-15,18H,1,5-7,12-13H2,2-3H3,(H,27,30)(H2,26,28,31). The molecule has 2 aromatic carbocycles. The minimum atomic E-state index is -0.437. The second-order valence-corrected chi connectivity index (χ2v) is 7.60. The van der Waals surface area contributed by atoms with Crippen LogP contribution in [0.15, 0.2) is 49.1 Å². The average Bonchev–Trinajstić information content (AvgIpc) is 3.03. The molecule has 0 aliphatic carbocycles. The lowest BCUT2D eigenvalue weighted by Crippen LogP contribution is -2.27. The van der Waals surface area contributed by atoms with Gasteiger partial charge in [0.05, 0.1) is 17.3 Å². The molecule has 1 atom stereocenters. The van der Waals surface area contributed by atoms with E-state index in [1.165, 1.54) is 24.3 Å². The second-order valence-electron chi connectivity index (χ2n) is 7.60. The number of fused-ring (bicyclic) bond motifs is 1. The fraction of sp³-hybridized carbons (Fsp3) is 0.333. The van der Waals surface area contributed by atoms with Gasteiger partial charge in [-0.25, -0.2) is 9.18 Å². The van der Waals surface area contributed by atoms with Gasteiger partial charge in [0.25, 0.3) is 0 Å². The van der Waals surface area contributed by atoms with Crippen LogP contribution in [-0.4, -0.2) is 25.0 Å². The summed E-state index contributed by atoms with van der Waals surface area (Å²) in [6.45, 7) is 9.64. The number of nitrogens with one attached hydrogen (secondary N) is 3. The lowest BCUT2D eigenvalue weighted by atomic mass is 9.96. The first-order chi connectivity index (χ1) is 15.0. The summed E-state index contributed by atoms with van der Waals surface area (Å²) in [6.07, 6.45) is 4.20. The first kappa shape index (κ1) is 22.3. The monoisotopic (exact) mass is 424 g/mol. The second kappa shape index (κ2) is 10.1. The van der Waals surface area contributed by atoms with Crippen LogP contribution in [0, 0.1) is 5.82 Å². The molecule has 1 aliphatic heterocycles. The maximum Gasteiger partial charge on any atom is 0.323 e. The van der Waals surface area contributed by atoms with E-state index in [1.807, 2.05) is 12.1 Å². The summed E-state index contributed by atoms with van der Waals surface area (Å²) in [7, 11) is 0. The molecule has 3 N–H and O–H groups in total. The molecule has 1 aliphatic rings. The molecule has 0 saturated carbocycles. The Balaban J connectivity index is 1.94. The minimum absolute atomic E-state index is 0.0636. The number of anilines is 4. The summed E-state index contributed by atoms with van der Waals surface area (Å²) in [5.41, 5.74) is 3.59. The Kier molecular flexibility index (Phi) is 7.28. The molecule has 7 heteroatoms. The smallest absolute Gasteiger partial charge is 0.323 e. The summed E-state index contributed by atoms with van der Waals surface area (Å²) in [4.78, 5) is 27.3. The molecule has 3 amide bonds. The lowest BCUT2D eigenvalue weighted by Gasteiger charge is -2.27. The lowest BCUT2D eigenvalue weighted by molar-refractivity contribution is -0.116. The van der Waals surface area contributed by atoms with E-state index in [4.69, 9.17) is 0 Å². The highest BCUT2D eigenvalue weighted by atomic mass is 19.1. The summed E-state index contributed by atoms with van der Waals surface area (Å²) in [5, 5.41) is 8.54. The fourth-order valence-electron chi connectivity index (χ4n) is 3.83. The molecule has 2 aromatic rings. The first-order valence-electron chi connectivity index (χ1n) is 10.6. The molecule has 0 fully saturated rings. The van der Waals surface area contributed by atoms with Gasteiger partial charge in [0.1, 0.15) is 5.82 Å². The summed E-state index contributed by atoms with van der Waals surface area (Å²) in [5.74, 6) is -0.712. The van der Waals surface area contributed by atoms with Crippen LogP contribution < -0.4 is 20.9 Å². The highest BCUT2D eigenvalue weighted by molar-refractivity contribution is 6.07. The molecule has 0 saturated heterocycles. The number of halogens is 1. The Morgan fingerprint density at radius 3 is 2.45 bits per heavy atom. The number of rotatable bonds is 9. The van der Waals surface area contributed by atoms with Gasteiger partial charge in [-0.05, 0) is 61.2 Å². The van der Waals surface area contributed by atoms with Gasteiger partial charge in [0, 0.05) is 24.5 Å². The van der Waals surface area contributed by atoms with Gasteiger partial charge in [-0.15, -0.1) is 6.58 Å². The molecular weight excluding hydrogens is 395 g/mol. The van der Waals surface area contributed by atoms with Crippen molar-refractivity contribution in [1.82, 2.24) is 0 Å². The van der Waals surface area contributed by atoms with E-state index in [2.05, 4.69) is 41.3 Å². The molecule has 0 radical (unpaired) electrons. The van der Waals surface area contributed by atoms with E-state index in [-0.39, 0.29) is 17.6 Å². The van der Waals surface area contributed by atoms with E-state index >= 15 is 0 Å². The van der Waals surface area contributed by atoms with Crippen molar-refractivity contribution in [3.8, 4) is 0 Å². The first-order valence-corrected chi connectivity index (χ1v) is 10.6. The maximum atomic E-state index is 13.1. The highest BCUT2D eigenvalue weighted by Gasteiger charge is 2.31. The van der Waals surface area contributed by atoms with Gasteiger partial charge >= 0.3 is 6.03 Å². The number of carbonyl (C=O) groups is 2. The summed E-state index contributed by atoms with van der Waals surface area (Å²) in [6, 6.07) is 8.95. The quantitative estimate of drug-likeness (QED) is 0.452. The zero-order chi connectivity index (χ0) is 22.4.